The fraction of sp³-hybridized carbons (Fsp3) is 0.550. The number of nitrogens with one attached hydrogen (secondary N) is 1. The third-order valence-electron chi connectivity index (χ3n) is 4.36. The number of alkyl carbamates (subject to hydrolysis) is 1. The molecule has 1 heterocycles. The van der Waals surface area contributed by atoms with Crippen LogP contribution in [0.3, 0.4) is 0 Å². The number of alkyl halides is 3. The number of benzene rings is 1. The van der Waals surface area contributed by atoms with Gasteiger partial charge in [0.2, 0.25) is 3.79 Å². The molecule has 33 heavy (non-hydrogen) atoms. The molecule has 13 heteroatoms. The Balaban J connectivity index is 2.24. The maximum absolute atomic E-state index is 12.2. The number of hydrogen-bond acceptors (Lipinski definition) is 9. The number of aliphatic hydroxyl groups is 1. The van der Waals surface area contributed by atoms with Crippen molar-refractivity contribution in [2.24, 2.45) is 0 Å². The molecule has 184 valence electrons. The molecule has 0 saturated carbocycles. The molecule has 0 radical (unpaired) electrons. The van der Waals surface area contributed by atoms with Crippen LogP contribution in [0.5, 0.6) is 0 Å². The van der Waals surface area contributed by atoms with Gasteiger partial charge < -0.3 is 34.1 Å². The van der Waals surface area contributed by atoms with Crippen molar-refractivity contribution in [2.75, 3.05) is 13.2 Å². The number of aliphatic hydroxyl groups excluding tert-OH is 1. The van der Waals surface area contributed by atoms with Gasteiger partial charge in [0.05, 0.1) is 6.61 Å². The summed E-state index contributed by atoms with van der Waals surface area (Å²) in [6.45, 7) is 1.55. The zero-order valence-corrected chi connectivity index (χ0v) is 20.0. The van der Waals surface area contributed by atoms with Crippen LogP contribution in [0.15, 0.2) is 30.3 Å². The lowest BCUT2D eigenvalue weighted by molar-refractivity contribution is -0.269. The second kappa shape index (κ2) is 12.6. The Bertz CT molecular complexity index is 806. The number of rotatable bonds is 8. The van der Waals surface area contributed by atoms with Gasteiger partial charge in [-0.3, -0.25) is 9.59 Å². The van der Waals surface area contributed by atoms with E-state index in [9.17, 15) is 19.5 Å². The highest BCUT2D eigenvalue weighted by molar-refractivity contribution is 6.67. The van der Waals surface area contributed by atoms with Crippen LogP contribution in [0, 0.1) is 0 Å². The lowest BCUT2D eigenvalue weighted by atomic mass is 9.96. The molecule has 1 aromatic rings. The number of hydrogen-bond donors (Lipinski definition) is 2. The van der Waals surface area contributed by atoms with E-state index in [1.807, 2.05) is 30.3 Å². The van der Waals surface area contributed by atoms with E-state index in [2.05, 4.69) is 5.32 Å². The van der Waals surface area contributed by atoms with Crippen molar-refractivity contribution >= 4 is 52.8 Å². The van der Waals surface area contributed by atoms with Crippen LogP contribution < -0.4 is 5.32 Å². The first-order valence-corrected chi connectivity index (χ1v) is 10.9. The molecular weight excluding hydrogens is 505 g/mol. The van der Waals surface area contributed by atoms with Gasteiger partial charge in [-0.2, -0.15) is 0 Å². The lowest BCUT2D eigenvalue weighted by Gasteiger charge is -2.43. The Labute approximate surface area is 205 Å². The number of esters is 2. The van der Waals surface area contributed by atoms with Crippen molar-refractivity contribution in [1.82, 2.24) is 5.32 Å². The van der Waals surface area contributed by atoms with E-state index < -0.39 is 59.1 Å². The summed E-state index contributed by atoms with van der Waals surface area (Å²) >= 11 is 16.7. The Kier molecular flexibility index (Phi) is 10.5. The summed E-state index contributed by atoms with van der Waals surface area (Å²) in [6.07, 6.45) is -6.04. The van der Waals surface area contributed by atoms with E-state index in [1.54, 1.807) is 0 Å². The van der Waals surface area contributed by atoms with E-state index in [4.69, 9.17) is 58.5 Å². The minimum Gasteiger partial charge on any atom is -0.463 e. The average Bonchev–Trinajstić information content (AvgIpc) is 2.72. The summed E-state index contributed by atoms with van der Waals surface area (Å²) in [5, 5.41) is 12.8. The van der Waals surface area contributed by atoms with Gasteiger partial charge in [-0.1, -0.05) is 65.1 Å². The molecule has 2 rings (SSSR count). The highest BCUT2D eigenvalue weighted by atomic mass is 35.6. The van der Waals surface area contributed by atoms with E-state index >= 15 is 0 Å². The maximum atomic E-state index is 12.2. The van der Waals surface area contributed by atoms with Crippen molar-refractivity contribution in [1.29, 1.82) is 0 Å². The second-order valence-electron chi connectivity index (χ2n) is 7.06. The summed E-state index contributed by atoms with van der Waals surface area (Å²) in [5.74, 6) is -1.30. The summed E-state index contributed by atoms with van der Waals surface area (Å²) in [5.41, 5.74) is 0.794. The smallest absolute Gasteiger partial charge is 0.407 e. The van der Waals surface area contributed by atoms with Crippen molar-refractivity contribution in [3.05, 3.63) is 35.9 Å². The standard InChI is InChI=1S/C20H24Cl3NO9/c1-11(25)29-9-14-16(30-8-13-6-4-3-5-7-13)17(32-12(2)26)15(18(27)33-14)24-19(28)31-10-20(21,22)23/h3-7,14-18,27H,8-10H2,1-2H3,(H,24,28)/t14-,15-,16-,17+,18?/m1/s1. The Morgan fingerprint density at radius 2 is 1.73 bits per heavy atom. The number of ether oxygens (including phenoxy) is 5. The van der Waals surface area contributed by atoms with Crippen LogP contribution in [-0.4, -0.2) is 70.8 Å². The number of amides is 1. The highest BCUT2D eigenvalue weighted by Crippen LogP contribution is 2.28. The first-order chi connectivity index (χ1) is 15.5. The fourth-order valence-corrected chi connectivity index (χ4v) is 3.20. The third-order valence-corrected chi connectivity index (χ3v) is 4.68. The molecule has 0 bridgehead atoms. The topological polar surface area (TPSA) is 130 Å². The molecule has 5 atom stereocenters. The molecule has 1 aromatic carbocycles. The van der Waals surface area contributed by atoms with Gasteiger partial charge in [0.1, 0.15) is 31.5 Å². The highest BCUT2D eigenvalue weighted by Gasteiger charge is 2.49. The van der Waals surface area contributed by atoms with Gasteiger partial charge in [0.25, 0.3) is 0 Å². The molecule has 0 aliphatic carbocycles. The summed E-state index contributed by atoms with van der Waals surface area (Å²) in [6, 6.07) is 7.76. The first-order valence-electron chi connectivity index (χ1n) is 9.76. The summed E-state index contributed by atoms with van der Waals surface area (Å²) in [4.78, 5) is 35.3. The predicted octanol–water partition coefficient (Wildman–Crippen LogP) is 2.25. The van der Waals surface area contributed by atoms with Crippen molar-refractivity contribution < 1.29 is 43.2 Å². The summed E-state index contributed by atoms with van der Waals surface area (Å²) in [7, 11) is 0. The van der Waals surface area contributed by atoms with Crippen LogP contribution in [0.2, 0.25) is 0 Å². The van der Waals surface area contributed by atoms with E-state index in [0.717, 1.165) is 12.5 Å². The zero-order chi connectivity index (χ0) is 24.6. The summed E-state index contributed by atoms with van der Waals surface area (Å²) < 4.78 is 24.8. The molecule has 1 aliphatic rings. The normalized spacial score (nSPS) is 25.1. The molecule has 2 N–H and O–H groups in total. The monoisotopic (exact) mass is 527 g/mol. The molecule has 1 amide bonds. The van der Waals surface area contributed by atoms with Crippen LogP contribution in [0.25, 0.3) is 0 Å². The quantitative estimate of drug-likeness (QED) is 0.296. The van der Waals surface area contributed by atoms with Crippen LogP contribution in [0.1, 0.15) is 19.4 Å². The van der Waals surface area contributed by atoms with Crippen LogP contribution >= 0.6 is 34.8 Å². The van der Waals surface area contributed by atoms with Crippen molar-refractivity contribution in [3.63, 3.8) is 0 Å². The minimum absolute atomic E-state index is 0.0731. The van der Waals surface area contributed by atoms with E-state index in [1.165, 1.54) is 6.92 Å². The van der Waals surface area contributed by atoms with Gasteiger partial charge in [-0.05, 0) is 5.56 Å². The lowest BCUT2D eigenvalue weighted by Crippen LogP contribution is -2.66. The molecule has 1 fully saturated rings. The predicted molar refractivity (Wildman–Crippen MR) is 117 cm³/mol. The SMILES string of the molecule is CC(=O)OC[C@H]1OC(O)[C@H](NC(=O)OCC(Cl)(Cl)Cl)[C@H](OC(C)=O)[C@@H]1OCc1ccccc1. The van der Waals surface area contributed by atoms with E-state index in [0.29, 0.717) is 0 Å². The van der Waals surface area contributed by atoms with E-state index in [-0.39, 0.29) is 13.2 Å². The van der Waals surface area contributed by atoms with Crippen molar-refractivity contribution in [2.45, 2.75) is 54.9 Å². The molecule has 0 aromatic heterocycles. The van der Waals surface area contributed by atoms with Crippen molar-refractivity contribution in [3.8, 4) is 0 Å². The second-order valence-corrected chi connectivity index (χ2v) is 9.58. The third kappa shape index (κ3) is 9.52. The van der Waals surface area contributed by atoms with Gasteiger partial charge in [-0.25, -0.2) is 4.79 Å². The van der Waals surface area contributed by atoms with Crippen LogP contribution in [0.4, 0.5) is 4.79 Å². The average molecular weight is 529 g/mol. The number of carbonyl (C=O) groups is 3. The minimum atomic E-state index is -1.86. The largest absolute Gasteiger partial charge is 0.463 e. The molecule has 0 spiro atoms. The molecular formula is C20H24Cl3NO9. The van der Waals surface area contributed by atoms with Gasteiger partial charge in [0.15, 0.2) is 12.4 Å². The van der Waals surface area contributed by atoms with Crippen LogP contribution in [-0.2, 0) is 39.9 Å². The van der Waals surface area contributed by atoms with Gasteiger partial charge in [0, 0.05) is 13.8 Å². The Hall–Kier alpha value is -1.82. The number of carbonyl (C=O) groups excluding carboxylic acids is 3. The zero-order valence-electron chi connectivity index (χ0n) is 17.7. The fourth-order valence-electron chi connectivity index (χ4n) is 3.03. The molecule has 1 unspecified atom stereocenters. The Morgan fingerprint density at radius 3 is 2.30 bits per heavy atom. The van der Waals surface area contributed by atoms with Gasteiger partial charge >= 0.3 is 18.0 Å². The number of halogens is 3. The molecule has 1 aliphatic heterocycles. The molecule has 10 nitrogen and oxygen atoms in total. The maximum Gasteiger partial charge on any atom is 0.407 e. The van der Waals surface area contributed by atoms with Gasteiger partial charge in [-0.15, -0.1) is 0 Å². The molecule has 1 saturated heterocycles. The Morgan fingerprint density at radius 1 is 1.06 bits per heavy atom. The first kappa shape index (κ1) is 27.4.